The molecule has 0 aromatic carbocycles. The molecule has 3 aromatic rings. The second-order valence-corrected chi connectivity index (χ2v) is 6.63. The molecule has 1 amide bonds. The number of likely N-dealkylation sites (N-methyl/N-ethyl adjacent to an activating group) is 1. The lowest BCUT2D eigenvalue weighted by molar-refractivity contribution is -0.141. The van der Waals surface area contributed by atoms with Crippen molar-refractivity contribution in [3.05, 3.63) is 42.0 Å². The van der Waals surface area contributed by atoms with E-state index in [9.17, 15) is 18.0 Å². The summed E-state index contributed by atoms with van der Waals surface area (Å²) in [5.74, 6) is -0.625. The standard InChI is InChI=1S/C17H16F3N7O2/c1-26-7-9(8-26)29-11-2-4-22-6-10(11)23-16(28)13-14(21)25-27-5-3-12(17(18,19)20)24-15(13)27/h2-6,9H,7-8H2,1H3,(H2,21,25)(H,23,28). The Balaban J connectivity index is 1.64. The number of alkyl halides is 3. The molecule has 0 radical (unpaired) electrons. The summed E-state index contributed by atoms with van der Waals surface area (Å²) in [6.45, 7) is 1.47. The van der Waals surface area contributed by atoms with Gasteiger partial charge in [-0.15, -0.1) is 5.10 Å². The van der Waals surface area contributed by atoms with Crippen LogP contribution in [0.5, 0.6) is 5.75 Å². The highest BCUT2D eigenvalue weighted by Gasteiger charge is 2.34. The Labute approximate surface area is 162 Å². The monoisotopic (exact) mass is 407 g/mol. The Morgan fingerprint density at radius 2 is 2.10 bits per heavy atom. The molecule has 0 aliphatic carbocycles. The summed E-state index contributed by atoms with van der Waals surface area (Å²) in [5, 5.41) is 6.43. The number of nitrogens with two attached hydrogens (primary N) is 1. The van der Waals surface area contributed by atoms with E-state index in [2.05, 4.69) is 25.3 Å². The molecule has 1 fully saturated rings. The second-order valence-electron chi connectivity index (χ2n) is 6.63. The topological polar surface area (TPSA) is 111 Å². The van der Waals surface area contributed by atoms with Crippen LogP contribution in [0.3, 0.4) is 0 Å². The first-order chi connectivity index (χ1) is 13.7. The number of likely N-dealkylation sites (tertiary alicyclic amines) is 1. The third-order valence-electron chi connectivity index (χ3n) is 4.38. The number of aromatic nitrogens is 4. The number of nitrogens with one attached hydrogen (secondary N) is 1. The van der Waals surface area contributed by atoms with Gasteiger partial charge in [-0.25, -0.2) is 9.50 Å². The van der Waals surface area contributed by atoms with Crippen molar-refractivity contribution in [3.63, 3.8) is 0 Å². The van der Waals surface area contributed by atoms with Crippen molar-refractivity contribution in [2.75, 3.05) is 31.2 Å². The second kappa shape index (κ2) is 6.88. The predicted molar refractivity (Wildman–Crippen MR) is 96.5 cm³/mol. The minimum Gasteiger partial charge on any atom is -0.485 e. The number of hydrogen-bond acceptors (Lipinski definition) is 7. The Hall–Kier alpha value is -3.41. The van der Waals surface area contributed by atoms with E-state index >= 15 is 0 Å². The van der Waals surface area contributed by atoms with Crippen LogP contribution in [0.2, 0.25) is 0 Å². The first-order valence-corrected chi connectivity index (χ1v) is 8.55. The predicted octanol–water partition coefficient (Wildman–Crippen LogP) is 1.67. The number of hydrogen-bond donors (Lipinski definition) is 2. The maximum absolute atomic E-state index is 13.0. The minimum absolute atomic E-state index is 0.0314. The van der Waals surface area contributed by atoms with Gasteiger partial charge >= 0.3 is 6.18 Å². The van der Waals surface area contributed by atoms with Crippen LogP contribution >= 0.6 is 0 Å². The number of carbonyl (C=O) groups excluding carboxylic acids is 1. The van der Waals surface area contributed by atoms with E-state index in [1.807, 2.05) is 7.05 Å². The van der Waals surface area contributed by atoms with Crippen LogP contribution in [0, 0.1) is 0 Å². The fourth-order valence-corrected chi connectivity index (χ4v) is 2.98. The van der Waals surface area contributed by atoms with Gasteiger partial charge in [-0.05, 0) is 13.1 Å². The number of ether oxygens (including phenoxy) is 1. The molecule has 12 heteroatoms. The summed E-state index contributed by atoms with van der Waals surface area (Å²) in [4.78, 5) is 22.3. The molecular formula is C17H16F3N7O2. The van der Waals surface area contributed by atoms with Crippen molar-refractivity contribution < 1.29 is 22.7 Å². The highest BCUT2D eigenvalue weighted by molar-refractivity contribution is 6.12. The summed E-state index contributed by atoms with van der Waals surface area (Å²) in [6, 6.07) is 2.34. The van der Waals surface area contributed by atoms with Crippen molar-refractivity contribution in [2.45, 2.75) is 12.3 Å². The van der Waals surface area contributed by atoms with Gasteiger partial charge in [0.25, 0.3) is 5.91 Å². The number of nitrogens with zero attached hydrogens (tertiary/aromatic N) is 5. The third-order valence-corrected chi connectivity index (χ3v) is 4.38. The average molecular weight is 407 g/mol. The molecule has 1 saturated heterocycles. The maximum Gasteiger partial charge on any atom is 0.433 e. The van der Waals surface area contributed by atoms with Crippen molar-refractivity contribution in [1.29, 1.82) is 0 Å². The van der Waals surface area contributed by atoms with Gasteiger partial charge in [-0.3, -0.25) is 14.7 Å². The zero-order valence-electron chi connectivity index (χ0n) is 15.1. The zero-order chi connectivity index (χ0) is 20.8. The number of amides is 1. The Morgan fingerprint density at radius 1 is 1.34 bits per heavy atom. The normalized spacial score (nSPS) is 15.3. The highest BCUT2D eigenvalue weighted by Crippen LogP contribution is 2.30. The van der Waals surface area contributed by atoms with Crippen LogP contribution in [-0.4, -0.2) is 56.6 Å². The van der Waals surface area contributed by atoms with Gasteiger partial charge in [0.15, 0.2) is 11.5 Å². The van der Waals surface area contributed by atoms with Gasteiger partial charge in [-0.1, -0.05) is 0 Å². The first-order valence-electron chi connectivity index (χ1n) is 8.55. The molecule has 29 heavy (non-hydrogen) atoms. The third kappa shape index (κ3) is 3.66. The van der Waals surface area contributed by atoms with Crippen LogP contribution in [0.25, 0.3) is 5.65 Å². The van der Waals surface area contributed by atoms with E-state index in [0.717, 1.165) is 29.9 Å². The summed E-state index contributed by atoms with van der Waals surface area (Å²) in [7, 11) is 1.95. The largest absolute Gasteiger partial charge is 0.485 e. The molecule has 3 aromatic heterocycles. The average Bonchev–Trinajstić information content (AvgIpc) is 2.96. The molecule has 9 nitrogen and oxygen atoms in total. The van der Waals surface area contributed by atoms with Gasteiger partial charge < -0.3 is 15.8 Å². The minimum atomic E-state index is -4.67. The number of halogens is 3. The zero-order valence-corrected chi connectivity index (χ0v) is 15.1. The van der Waals surface area contributed by atoms with Crippen LogP contribution in [-0.2, 0) is 6.18 Å². The maximum atomic E-state index is 13.0. The van der Waals surface area contributed by atoms with Gasteiger partial charge in [0.2, 0.25) is 0 Å². The van der Waals surface area contributed by atoms with E-state index < -0.39 is 17.8 Å². The van der Waals surface area contributed by atoms with Gasteiger partial charge in [0.1, 0.15) is 28.8 Å². The van der Waals surface area contributed by atoms with E-state index in [-0.39, 0.29) is 28.8 Å². The van der Waals surface area contributed by atoms with Crippen molar-refractivity contribution in [3.8, 4) is 5.75 Å². The van der Waals surface area contributed by atoms with Crippen LogP contribution < -0.4 is 15.8 Å². The fraction of sp³-hybridized carbons (Fsp3) is 0.294. The molecular weight excluding hydrogens is 391 g/mol. The van der Waals surface area contributed by atoms with Gasteiger partial charge in [-0.2, -0.15) is 13.2 Å². The lowest BCUT2D eigenvalue weighted by Gasteiger charge is -2.36. The molecule has 0 spiro atoms. The number of nitrogen functional groups attached to an aromatic ring is 1. The van der Waals surface area contributed by atoms with E-state index in [4.69, 9.17) is 10.5 Å². The molecule has 0 bridgehead atoms. The highest BCUT2D eigenvalue weighted by atomic mass is 19.4. The summed E-state index contributed by atoms with van der Waals surface area (Å²) in [6.07, 6.45) is -0.768. The molecule has 152 valence electrons. The molecule has 0 atom stereocenters. The van der Waals surface area contributed by atoms with Gasteiger partial charge in [0, 0.05) is 31.5 Å². The fourth-order valence-electron chi connectivity index (χ4n) is 2.98. The molecule has 1 aliphatic heterocycles. The molecule has 0 saturated carbocycles. The molecule has 4 heterocycles. The molecule has 1 aliphatic rings. The van der Waals surface area contributed by atoms with E-state index in [1.54, 1.807) is 6.07 Å². The number of fused-ring (bicyclic) bond motifs is 1. The molecule has 3 N–H and O–H groups in total. The van der Waals surface area contributed by atoms with Crippen molar-refractivity contribution >= 4 is 23.1 Å². The lowest BCUT2D eigenvalue weighted by Crippen LogP contribution is -2.51. The Kier molecular flexibility index (Phi) is 4.49. The quantitative estimate of drug-likeness (QED) is 0.677. The number of anilines is 2. The Morgan fingerprint density at radius 3 is 2.79 bits per heavy atom. The lowest BCUT2D eigenvalue weighted by atomic mass is 10.2. The van der Waals surface area contributed by atoms with Crippen molar-refractivity contribution in [1.82, 2.24) is 24.5 Å². The van der Waals surface area contributed by atoms with Crippen LogP contribution in [0.15, 0.2) is 30.7 Å². The number of pyridine rings is 1. The first kappa shape index (κ1) is 18.9. The molecule has 4 rings (SSSR count). The number of carbonyl (C=O) groups is 1. The van der Waals surface area contributed by atoms with Crippen LogP contribution in [0.4, 0.5) is 24.7 Å². The molecule has 0 unspecified atom stereocenters. The summed E-state index contributed by atoms with van der Waals surface area (Å²) < 4.78 is 45.8. The SMILES string of the molecule is CN1CC(Oc2ccncc2NC(=O)c2c(N)nn3ccc(C(F)(F)F)nc23)C1. The van der Waals surface area contributed by atoms with Crippen molar-refractivity contribution in [2.24, 2.45) is 0 Å². The number of rotatable bonds is 4. The van der Waals surface area contributed by atoms with E-state index in [0.29, 0.717) is 5.75 Å². The van der Waals surface area contributed by atoms with E-state index in [1.165, 1.54) is 12.4 Å². The summed E-state index contributed by atoms with van der Waals surface area (Å²) >= 11 is 0. The Bertz CT molecular complexity index is 1080. The van der Waals surface area contributed by atoms with Gasteiger partial charge in [0.05, 0.1) is 6.20 Å². The smallest absolute Gasteiger partial charge is 0.433 e. The van der Waals surface area contributed by atoms with Crippen LogP contribution in [0.1, 0.15) is 16.1 Å². The summed E-state index contributed by atoms with van der Waals surface area (Å²) in [5.41, 5.74) is 4.30.